The van der Waals surface area contributed by atoms with E-state index in [2.05, 4.69) is 55.3 Å². The largest absolute Gasteiger partial charge is 0.335 e. The fourth-order valence-corrected chi connectivity index (χ4v) is 3.89. The fraction of sp³-hybridized carbons (Fsp3) is 0.650. The lowest BCUT2D eigenvalue weighted by Crippen LogP contribution is -2.40. The average molecular weight is 314 g/mol. The molecule has 126 valence electrons. The second-order valence-corrected chi connectivity index (χ2v) is 8.09. The highest BCUT2D eigenvalue weighted by molar-refractivity contribution is 5.79. The molecule has 0 radical (unpaired) electrons. The van der Waals surface area contributed by atoms with Gasteiger partial charge in [-0.1, -0.05) is 45.0 Å². The second kappa shape index (κ2) is 6.64. The van der Waals surface area contributed by atoms with Crippen molar-refractivity contribution in [3.63, 3.8) is 0 Å². The van der Waals surface area contributed by atoms with Gasteiger partial charge in [-0.2, -0.15) is 0 Å². The molecule has 1 N–H and O–H groups in total. The summed E-state index contributed by atoms with van der Waals surface area (Å²) in [6.45, 7) is 9.61. The molecule has 0 spiro atoms. The minimum atomic E-state index is 0.179. The van der Waals surface area contributed by atoms with E-state index in [9.17, 15) is 4.79 Å². The molecule has 23 heavy (non-hydrogen) atoms. The fourth-order valence-electron chi connectivity index (χ4n) is 3.89. The Morgan fingerprint density at radius 1 is 1.09 bits per heavy atom. The second-order valence-electron chi connectivity index (χ2n) is 8.09. The van der Waals surface area contributed by atoms with E-state index in [0.717, 1.165) is 45.3 Å². The van der Waals surface area contributed by atoms with Crippen LogP contribution in [-0.4, -0.2) is 30.4 Å². The number of nitrogens with one attached hydrogen (secondary N) is 1. The first kappa shape index (κ1) is 16.5. The van der Waals surface area contributed by atoms with Gasteiger partial charge in [-0.25, -0.2) is 0 Å². The van der Waals surface area contributed by atoms with Crippen molar-refractivity contribution in [1.82, 2.24) is 10.2 Å². The first-order valence-corrected chi connectivity index (χ1v) is 9.08. The Labute approximate surface area is 140 Å². The van der Waals surface area contributed by atoms with Crippen LogP contribution in [0.25, 0.3) is 0 Å². The Bertz CT molecular complexity index is 538. The van der Waals surface area contributed by atoms with Gasteiger partial charge in [-0.15, -0.1) is 0 Å². The number of carbonyl (C=O) groups is 1. The normalized spacial score (nSPS) is 23.3. The summed E-state index contributed by atoms with van der Waals surface area (Å²) in [4.78, 5) is 15.1. The van der Waals surface area contributed by atoms with Gasteiger partial charge in [0.05, 0.1) is 6.04 Å². The van der Waals surface area contributed by atoms with Crippen molar-refractivity contribution >= 4 is 5.91 Å². The molecule has 0 saturated carbocycles. The van der Waals surface area contributed by atoms with Crippen LogP contribution in [0, 0.1) is 5.92 Å². The Morgan fingerprint density at radius 2 is 1.74 bits per heavy atom. The molecule has 1 aromatic rings. The maximum atomic E-state index is 12.9. The SMILES string of the molecule is CC(C)(C)c1ccc(C2CCCN2C(=O)C2CCNCC2)cc1. The lowest BCUT2D eigenvalue weighted by atomic mass is 9.86. The number of likely N-dealkylation sites (tertiary alicyclic amines) is 1. The van der Waals surface area contributed by atoms with E-state index in [-0.39, 0.29) is 17.4 Å². The maximum Gasteiger partial charge on any atom is 0.226 e. The summed E-state index contributed by atoms with van der Waals surface area (Å²) < 4.78 is 0. The third-order valence-electron chi connectivity index (χ3n) is 5.39. The molecule has 0 aromatic heterocycles. The van der Waals surface area contributed by atoms with E-state index in [4.69, 9.17) is 0 Å². The molecule has 2 aliphatic rings. The van der Waals surface area contributed by atoms with Gasteiger partial charge >= 0.3 is 0 Å². The van der Waals surface area contributed by atoms with Crippen LogP contribution in [0.5, 0.6) is 0 Å². The molecule has 2 heterocycles. The molecule has 1 atom stereocenters. The minimum absolute atomic E-state index is 0.179. The lowest BCUT2D eigenvalue weighted by molar-refractivity contribution is -0.137. The van der Waals surface area contributed by atoms with Crippen LogP contribution in [0.3, 0.4) is 0 Å². The predicted molar refractivity (Wildman–Crippen MR) is 94.4 cm³/mol. The highest BCUT2D eigenvalue weighted by atomic mass is 16.2. The van der Waals surface area contributed by atoms with Crippen molar-refractivity contribution in [2.24, 2.45) is 5.92 Å². The van der Waals surface area contributed by atoms with Crippen molar-refractivity contribution in [1.29, 1.82) is 0 Å². The highest BCUT2D eigenvalue weighted by Gasteiger charge is 2.34. The molecule has 0 bridgehead atoms. The van der Waals surface area contributed by atoms with Crippen molar-refractivity contribution in [2.45, 2.75) is 57.9 Å². The molecule has 2 aliphatic heterocycles. The van der Waals surface area contributed by atoms with Crippen molar-refractivity contribution in [3.8, 4) is 0 Å². The summed E-state index contributed by atoms with van der Waals surface area (Å²) in [7, 11) is 0. The summed E-state index contributed by atoms with van der Waals surface area (Å²) in [6, 6.07) is 9.23. The van der Waals surface area contributed by atoms with Crippen LogP contribution in [0.1, 0.15) is 63.6 Å². The predicted octanol–water partition coefficient (Wildman–Crippen LogP) is 3.65. The number of amides is 1. The Morgan fingerprint density at radius 3 is 2.35 bits per heavy atom. The van der Waals surface area contributed by atoms with Gasteiger partial charge in [-0.3, -0.25) is 4.79 Å². The molecule has 1 aromatic carbocycles. The summed E-state index contributed by atoms with van der Waals surface area (Å²) in [5.74, 6) is 0.611. The highest BCUT2D eigenvalue weighted by Crippen LogP contribution is 2.35. The van der Waals surface area contributed by atoms with E-state index < -0.39 is 0 Å². The number of hydrogen-bond acceptors (Lipinski definition) is 2. The number of benzene rings is 1. The minimum Gasteiger partial charge on any atom is -0.335 e. The van der Waals surface area contributed by atoms with Crippen LogP contribution in [0.4, 0.5) is 0 Å². The maximum absolute atomic E-state index is 12.9. The third-order valence-corrected chi connectivity index (χ3v) is 5.39. The van der Waals surface area contributed by atoms with Gasteiger partial charge in [0.1, 0.15) is 0 Å². The van der Waals surface area contributed by atoms with Crippen LogP contribution >= 0.6 is 0 Å². The number of carbonyl (C=O) groups excluding carboxylic acids is 1. The standard InChI is InChI=1S/C20H30N2O/c1-20(2,3)17-8-6-15(7-9-17)18-5-4-14-22(18)19(23)16-10-12-21-13-11-16/h6-9,16,18,21H,4-5,10-14H2,1-3H3. The summed E-state index contributed by atoms with van der Waals surface area (Å²) in [5.41, 5.74) is 2.84. The van der Waals surface area contributed by atoms with Gasteiger partial charge in [-0.05, 0) is 55.3 Å². The molecular weight excluding hydrogens is 284 g/mol. The average Bonchev–Trinajstić information content (AvgIpc) is 3.04. The van der Waals surface area contributed by atoms with E-state index in [1.807, 2.05) is 0 Å². The molecule has 1 unspecified atom stereocenters. The van der Waals surface area contributed by atoms with Gasteiger partial charge in [0, 0.05) is 12.5 Å². The summed E-state index contributed by atoms with van der Waals surface area (Å²) in [5, 5.41) is 3.35. The van der Waals surface area contributed by atoms with Crippen LogP contribution in [0.15, 0.2) is 24.3 Å². The van der Waals surface area contributed by atoms with Gasteiger partial charge < -0.3 is 10.2 Å². The number of nitrogens with zero attached hydrogens (tertiary/aromatic N) is 1. The van der Waals surface area contributed by atoms with Crippen LogP contribution in [-0.2, 0) is 10.2 Å². The molecule has 2 saturated heterocycles. The number of piperidine rings is 1. The Kier molecular flexibility index (Phi) is 4.77. The molecule has 3 rings (SSSR count). The summed E-state index contributed by atoms with van der Waals surface area (Å²) >= 11 is 0. The van der Waals surface area contributed by atoms with Crippen LogP contribution < -0.4 is 5.32 Å². The lowest BCUT2D eigenvalue weighted by Gasteiger charge is -2.31. The smallest absolute Gasteiger partial charge is 0.226 e. The van der Waals surface area contributed by atoms with Crippen molar-refractivity contribution in [3.05, 3.63) is 35.4 Å². The van der Waals surface area contributed by atoms with Crippen molar-refractivity contribution in [2.75, 3.05) is 19.6 Å². The quantitative estimate of drug-likeness (QED) is 0.904. The topological polar surface area (TPSA) is 32.3 Å². The first-order chi connectivity index (χ1) is 11.0. The van der Waals surface area contributed by atoms with Gasteiger partial charge in [0.2, 0.25) is 5.91 Å². The van der Waals surface area contributed by atoms with Crippen molar-refractivity contribution < 1.29 is 4.79 Å². The molecule has 2 fully saturated rings. The zero-order valence-electron chi connectivity index (χ0n) is 14.8. The number of hydrogen-bond donors (Lipinski definition) is 1. The number of rotatable bonds is 2. The van der Waals surface area contributed by atoms with Crippen LogP contribution in [0.2, 0.25) is 0 Å². The monoisotopic (exact) mass is 314 g/mol. The molecule has 3 heteroatoms. The first-order valence-electron chi connectivity index (χ1n) is 9.08. The van der Waals surface area contributed by atoms with E-state index in [1.54, 1.807) is 0 Å². The molecule has 0 aliphatic carbocycles. The molecule has 3 nitrogen and oxygen atoms in total. The Balaban J connectivity index is 1.74. The van der Waals surface area contributed by atoms with E-state index in [0.29, 0.717) is 5.91 Å². The zero-order chi connectivity index (χ0) is 16.4. The van der Waals surface area contributed by atoms with Gasteiger partial charge in [0.15, 0.2) is 0 Å². The molecule has 1 amide bonds. The molecular formula is C20H30N2O. The zero-order valence-corrected chi connectivity index (χ0v) is 14.8. The third kappa shape index (κ3) is 3.60. The van der Waals surface area contributed by atoms with E-state index >= 15 is 0 Å². The Hall–Kier alpha value is -1.35. The van der Waals surface area contributed by atoms with Gasteiger partial charge in [0.25, 0.3) is 0 Å². The summed E-state index contributed by atoms with van der Waals surface area (Å²) in [6.07, 6.45) is 4.21. The van der Waals surface area contributed by atoms with E-state index in [1.165, 1.54) is 11.1 Å².